The second kappa shape index (κ2) is 5.21. The molecule has 76 valence electrons. The van der Waals surface area contributed by atoms with Gasteiger partial charge in [-0.2, -0.15) is 0 Å². The molecular weight excluding hydrogens is 180 g/mol. The normalized spacial score (nSPS) is 9.79. The molecule has 0 amide bonds. The maximum atomic E-state index is 10.6. The zero-order valence-corrected chi connectivity index (χ0v) is 8.16. The van der Waals surface area contributed by atoms with Crippen molar-refractivity contribution in [1.29, 1.82) is 0 Å². The van der Waals surface area contributed by atoms with Crippen LogP contribution in [-0.4, -0.2) is 22.6 Å². The van der Waals surface area contributed by atoms with Crippen LogP contribution in [-0.2, 0) is 0 Å². The summed E-state index contributed by atoms with van der Waals surface area (Å²) >= 11 is 0. The van der Waals surface area contributed by atoms with E-state index in [0.29, 0.717) is 5.82 Å². The summed E-state index contributed by atoms with van der Waals surface area (Å²) in [7, 11) is 0. The summed E-state index contributed by atoms with van der Waals surface area (Å²) in [6.45, 7) is 2.93. The van der Waals surface area contributed by atoms with Gasteiger partial charge in [0.15, 0.2) is 0 Å². The van der Waals surface area contributed by atoms with Gasteiger partial charge in [0.05, 0.1) is 5.56 Å². The highest BCUT2D eigenvalue weighted by Crippen LogP contribution is 2.06. The van der Waals surface area contributed by atoms with Crippen LogP contribution in [0.1, 0.15) is 30.1 Å². The first-order valence-electron chi connectivity index (χ1n) is 4.67. The van der Waals surface area contributed by atoms with Gasteiger partial charge in [0, 0.05) is 12.7 Å². The summed E-state index contributed by atoms with van der Waals surface area (Å²) in [6.07, 6.45) is 3.66. The Morgan fingerprint density at radius 2 is 2.43 bits per heavy atom. The Morgan fingerprint density at radius 3 is 3.07 bits per heavy atom. The number of aromatic nitrogens is 1. The molecule has 0 radical (unpaired) electrons. The van der Waals surface area contributed by atoms with Gasteiger partial charge in [-0.05, 0) is 18.6 Å². The fourth-order valence-electron chi connectivity index (χ4n) is 1.05. The second-order valence-corrected chi connectivity index (χ2v) is 3.02. The molecule has 1 aromatic rings. The van der Waals surface area contributed by atoms with Gasteiger partial charge in [0.1, 0.15) is 5.82 Å². The van der Waals surface area contributed by atoms with Crippen LogP contribution < -0.4 is 5.32 Å². The van der Waals surface area contributed by atoms with E-state index in [9.17, 15) is 4.79 Å². The van der Waals surface area contributed by atoms with E-state index in [4.69, 9.17) is 5.11 Å². The Morgan fingerprint density at radius 1 is 1.64 bits per heavy atom. The standard InChI is InChI=1S/C10H14N2O2/c1-2-3-5-11-9-7-8(10(13)14)4-6-12-9/h4,6-7H,2-3,5H2,1H3,(H,11,12)(H,13,14). The van der Waals surface area contributed by atoms with Crippen molar-refractivity contribution in [2.24, 2.45) is 0 Å². The van der Waals surface area contributed by atoms with Crippen molar-refractivity contribution < 1.29 is 9.90 Å². The lowest BCUT2D eigenvalue weighted by atomic mass is 10.2. The maximum Gasteiger partial charge on any atom is 0.335 e. The van der Waals surface area contributed by atoms with Crippen molar-refractivity contribution in [2.75, 3.05) is 11.9 Å². The van der Waals surface area contributed by atoms with Crippen LogP contribution in [0.4, 0.5) is 5.82 Å². The van der Waals surface area contributed by atoms with Crippen LogP contribution in [0.25, 0.3) is 0 Å². The van der Waals surface area contributed by atoms with Crippen LogP contribution in [0, 0.1) is 0 Å². The maximum absolute atomic E-state index is 10.6. The molecule has 2 N–H and O–H groups in total. The summed E-state index contributed by atoms with van der Waals surface area (Å²) in [4.78, 5) is 14.6. The van der Waals surface area contributed by atoms with E-state index < -0.39 is 5.97 Å². The minimum absolute atomic E-state index is 0.263. The third-order valence-electron chi connectivity index (χ3n) is 1.84. The number of carboxylic acids is 1. The van der Waals surface area contributed by atoms with E-state index in [-0.39, 0.29) is 5.56 Å². The number of nitrogens with one attached hydrogen (secondary N) is 1. The van der Waals surface area contributed by atoms with Gasteiger partial charge in [0.25, 0.3) is 0 Å². The first kappa shape index (κ1) is 10.5. The van der Waals surface area contributed by atoms with E-state index in [1.54, 1.807) is 0 Å². The minimum Gasteiger partial charge on any atom is -0.478 e. The summed E-state index contributed by atoms with van der Waals surface area (Å²) in [6, 6.07) is 3.02. The number of hydrogen-bond donors (Lipinski definition) is 2. The molecule has 0 spiro atoms. The molecule has 0 saturated carbocycles. The van der Waals surface area contributed by atoms with E-state index >= 15 is 0 Å². The molecular formula is C10H14N2O2. The van der Waals surface area contributed by atoms with Crippen molar-refractivity contribution >= 4 is 11.8 Å². The molecule has 1 heterocycles. The van der Waals surface area contributed by atoms with Gasteiger partial charge < -0.3 is 10.4 Å². The lowest BCUT2D eigenvalue weighted by Crippen LogP contribution is -2.04. The quantitative estimate of drug-likeness (QED) is 0.704. The Hall–Kier alpha value is -1.58. The fourth-order valence-corrected chi connectivity index (χ4v) is 1.05. The average Bonchev–Trinajstić information content (AvgIpc) is 2.19. The third kappa shape index (κ3) is 3.05. The van der Waals surface area contributed by atoms with Crippen LogP contribution in [0.15, 0.2) is 18.3 Å². The molecule has 0 fully saturated rings. The zero-order chi connectivity index (χ0) is 10.4. The first-order valence-corrected chi connectivity index (χ1v) is 4.67. The Labute approximate surface area is 83.0 Å². The molecule has 0 saturated heterocycles. The highest BCUT2D eigenvalue weighted by molar-refractivity contribution is 5.88. The molecule has 14 heavy (non-hydrogen) atoms. The average molecular weight is 194 g/mol. The van der Waals surface area contributed by atoms with Gasteiger partial charge in [-0.15, -0.1) is 0 Å². The number of aromatic carboxylic acids is 1. The summed E-state index contributed by atoms with van der Waals surface area (Å²) < 4.78 is 0. The Kier molecular flexibility index (Phi) is 3.91. The van der Waals surface area contributed by atoms with E-state index in [0.717, 1.165) is 19.4 Å². The van der Waals surface area contributed by atoms with Gasteiger partial charge in [-0.25, -0.2) is 9.78 Å². The largest absolute Gasteiger partial charge is 0.478 e. The van der Waals surface area contributed by atoms with E-state index in [1.807, 2.05) is 0 Å². The van der Waals surface area contributed by atoms with Crippen molar-refractivity contribution in [3.63, 3.8) is 0 Å². The Balaban J connectivity index is 2.59. The number of nitrogens with zero attached hydrogens (tertiary/aromatic N) is 1. The third-order valence-corrected chi connectivity index (χ3v) is 1.84. The van der Waals surface area contributed by atoms with Crippen LogP contribution >= 0.6 is 0 Å². The highest BCUT2D eigenvalue weighted by atomic mass is 16.4. The number of pyridine rings is 1. The molecule has 0 aliphatic carbocycles. The van der Waals surface area contributed by atoms with Gasteiger partial charge >= 0.3 is 5.97 Å². The van der Waals surface area contributed by atoms with Crippen LogP contribution in [0.3, 0.4) is 0 Å². The molecule has 4 nitrogen and oxygen atoms in total. The molecule has 1 rings (SSSR count). The minimum atomic E-state index is -0.925. The zero-order valence-electron chi connectivity index (χ0n) is 8.16. The molecule has 0 aliphatic heterocycles. The number of rotatable bonds is 5. The van der Waals surface area contributed by atoms with Crippen LogP contribution in [0.2, 0.25) is 0 Å². The van der Waals surface area contributed by atoms with Crippen molar-refractivity contribution in [3.05, 3.63) is 23.9 Å². The predicted molar refractivity (Wildman–Crippen MR) is 54.6 cm³/mol. The monoisotopic (exact) mass is 194 g/mol. The number of carbonyl (C=O) groups is 1. The van der Waals surface area contributed by atoms with Crippen molar-refractivity contribution in [3.8, 4) is 0 Å². The fraction of sp³-hybridized carbons (Fsp3) is 0.400. The van der Waals surface area contributed by atoms with Crippen LogP contribution in [0.5, 0.6) is 0 Å². The summed E-state index contributed by atoms with van der Waals surface area (Å²) in [5.74, 6) is -0.302. The van der Waals surface area contributed by atoms with Gasteiger partial charge in [-0.1, -0.05) is 13.3 Å². The number of carboxylic acid groups (broad SMARTS) is 1. The number of unbranched alkanes of at least 4 members (excludes halogenated alkanes) is 1. The van der Waals surface area contributed by atoms with Gasteiger partial charge in [0.2, 0.25) is 0 Å². The smallest absolute Gasteiger partial charge is 0.335 e. The summed E-state index contributed by atoms with van der Waals surface area (Å²) in [5.41, 5.74) is 0.263. The molecule has 0 bridgehead atoms. The Bertz CT molecular complexity index is 313. The lowest BCUT2D eigenvalue weighted by Gasteiger charge is -2.04. The first-order chi connectivity index (χ1) is 6.74. The SMILES string of the molecule is CCCCNc1cc(C(=O)O)ccn1. The van der Waals surface area contributed by atoms with E-state index in [2.05, 4.69) is 17.2 Å². The van der Waals surface area contributed by atoms with E-state index in [1.165, 1.54) is 18.3 Å². The molecule has 1 aromatic heterocycles. The summed E-state index contributed by atoms with van der Waals surface area (Å²) in [5, 5.41) is 11.8. The number of anilines is 1. The number of hydrogen-bond acceptors (Lipinski definition) is 3. The molecule has 0 aliphatic rings. The molecule has 0 aromatic carbocycles. The highest BCUT2D eigenvalue weighted by Gasteiger charge is 2.02. The lowest BCUT2D eigenvalue weighted by molar-refractivity contribution is 0.0697. The van der Waals surface area contributed by atoms with Crippen molar-refractivity contribution in [2.45, 2.75) is 19.8 Å². The molecule has 0 unspecified atom stereocenters. The van der Waals surface area contributed by atoms with Crippen molar-refractivity contribution in [1.82, 2.24) is 4.98 Å². The second-order valence-electron chi connectivity index (χ2n) is 3.02. The molecule has 4 heteroatoms. The molecule has 0 atom stereocenters. The topological polar surface area (TPSA) is 62.2 Å². The van der Waals surface area contributed by atoms with Gasteiger partial charge in [-0.3, -0.25) is 0 Å². The predicted octanol–water partition coefficient (Wildman–Crippen LogP) is 1.99.